The molecule has 0 radical (unpaired) electrons. The Hall–Kier alpha value is -4.16. The number of hydrogen-bond donors (Lipinski definition) is 4. The highest BCUT2D eigenvalue weighted by atomic mass is 35.5. The average Bonchev–Trinajstić information content (AvgIpc) is 2.90. The molecule has 0 saturated carbocycles. The number of benzene rings is 2. The predicted molar refractivity (Wildman–Crippen MR) is 143 cm³/mol. The number of carbonyl (C=O) groups excluding carboxylic acids is 5. The van der Waals surface area contributed by atoms with E-state index >= 15 is 0 Å². The minimum atomic E-state index is -1.58. The number of nitrogens with one attached hydrogen (secondary N) is 3. The zero-order chi connectivity index (χ0) is 29.8. The predicted octanol–water partition coefficient (Wildman–Crippen LogP) is 2.50. The molecule has 0 spiro atoms. The summed E-state index contributed by atoms with van der Waals surface area (Å²) in [5.74, 6) is -5.00. The molecule has 4 N–H and O–H groups in total. The van der Waals surface area contributed by atoms with Crippen LogP contribution in [-0.4, -0.2) is 65.5 Å². The normalized spacial score (nSPS) is 12.7. The number of carbonyl (C=O) groups is 6. The maximum Gasteiger partial charge on any atom is 0.408 e. The van der Waals surface area contributed by atoms with Gasteiger partial charge in [-0.1, -0.05) is 59.6 Å². The SMILES string of the molecule is C[C@H](NC(=O)[C@@H](C)NC(=O)OCc1ccccc1)C(=O)N[C@@H](CC(=O)O)C(=O)COC(=O)c1c(Cl)cccc1Cl. The van der Waals surface area contributed by atoms with Crippen LogP contribution in [0.15, 0.2) is 48.5 Å². The summed E-state index contributed by atoms with van der Waals surface area (Å²) in [5, 5.41) is 16.0. The van der Waals surface area contributed by atoms with Gasteiger partial charge in [-0.05, 0) is 31.5 Å². The van der Waals surface area contributed by atoms with Gasteiger partial charge >= 0.3 is 18.0 Å². The molecule has 40 heavy (non-hydrogen) atoms. The summed E-state index contributed by atoms with van der Waals surface area (Å²) in [7, 11) is 0. The van der Waals surface area contributed by atoms with Crippen LogP contribution in [0.5, 0.6) is 0 Å². The molecule has 0 saturated heterocycles. The lowest BCUT2D eigenvalue weighted by Gasteiger charge is -2.21. The highest BCUT2D eigenvalue weighted by molar-refractivity contribution is 6.39. The standard InChI is InChI=1S/C26H27Cl2N3O9/c1-14(29-23(35)15(2)30-26(38)40-12-16-7-4-3-5-8-16)24(36)31-19(11-21(33)34)20(32)13-39-25(37)22-17(27)9-6-10-18(22)28/h3-10,14-15,19H,11-13H2,1-2H3,(H,29,35)(H,30,38)(H,31,36)(H,33,34)/t14-,15+,19-/m0/s1. The first kappa shape index (κ1) is 32.1. The van der Waals surface area contributed by atoms with Gasteiger partial charge in [-0.15, -0.1) is 0 Å². The molecule has 0 aliphatic rings. The van der Waals surface area contributed by atoms with Crippen LogP contribution in [0.2, 0.25) is 10.0 Å². The van der Waals surface area contributed by atoms with Crippen molar-refractivity contribution < 1.29 is 43.3 Å². The summed E-state index contributed by atoms with van der Waals surface area (Å²) < 4.78 is 9.96. The second-order valence-electron chi connectivity index (χ2n) is 8.46. The second-order valence-corrected chi connectivity index (χ2v) is 9.27. The number of carboxylic acids is 1. The highest BCUT2D eigenvalue weighted by Gasteiger charge is 2.29. The molecule has 14 heteroatoms. The van der Waals surface area contributed by atoms with Crippen molar-refractivity contribution >= 4 is 58.8 Å². The second kappa shape index (κ2) is 15.4. The van der Waals surface area contributed by atoms with Gasteiger partial charge < -0.3 is 30.5 Å². The molecule has 3 atom stereocenters. The number of amides is 3. The molecule has 12 nitrogen and oxygen atoms in total. The molecule has 0 aliphatic carbocycles. The number of carboxylic acid groups (broad SMARTS) is 1. The summed E-state index contributed by atoms with van der Waals surface area (Å²) in [6.07, 6.45) is -1.68. The van der Waals surface area contributed by atoms with E-state index in [9.17, 15) is 28.8 Å². The molecule has 2 aromatic carbocycles. The van der Waals surface area contributed by atoms with E-state index in [4.69, 9.17) is 37.8 Å². The summed E-state index contributed by atoms with van der Waals surface area (Å²) in [5.41, 5.74) is 0.563. The summed E-state index contributed by atoms with van der Waals surface area (Å²) in [6, 6.07) is 9.24. The number of aliphatic carboxylic acids is 1. The van der Waals surface area contributed by atoms with Crippen LogP contribution < -0.4 is 16.0 Å². The van der Waals surface area contributed by atoms with Gasteiger partial charge in [0.2, 0.25) is 11.8 Å². The molecule has 0 heterocycles. The number of rotatable bonds is 13. The van der Waals surface area contributed by atoms with Crippen molar-refractivity contribution in [3.63, 3.8) is 0 Å². The fraction of sp³-hybridized carbons (Fsp3) is 0.308. The summed E-state index contributed by atoms with van der Waals surface area (Å²) in [4.78, 5) is 73.2. The first-order chi connectivity index (χ1) is 18.9. The lowest BCUT2D eigenvalue weighted by Crippen LogP contribution is -2.54. The smallest absolute Gasteiger partial charge is 0.408 e. The fourth-order valence-corrected chi connectivity index (χ4v) is 3.68. The van der Waals surface area contributed by atoms with E-state index in [1.54, 1.807) is 30.3 Å². The Morgan fingerprint density at radius 2 is 1.38 bits per heavy atom. The van der Waals surface area contributed by atoms with Gasteiger partial charge in [0.15, 0.2) is 12.4 Å². The van der Waals surface area contributed by atoms with Crippen molar-refractivity contribution in [2.45, 2.75) is 45.0 Å². The number of ketones is 1. The number of ether oxygens (including phenoxy) is 2. The van der Waals surface area contributed by atoms with Gasteiger partial charge in [0.25, 0.3) is 0 Å². The van der Waals surface area contributed by atoms with Crippen molar-refractivity contribution in [1.82, 2.24) is 16.0 Å². The van der Waals surface area contributed by atoms with Crippen LogP contribution >= 0.6 is 23.2 Å². The Morgan fingerprint density at radius 1 is 0.800 bits per heavy atom. The van der Waals surface area contributed by atoms with Gasteiger partial charge in [0.05, 0.1) is 22.0 Å². The third-order valence-corrected chi connectivity index (χ3v) is 5.92. The Morgan fingerprint density at radius 3 is 1.98 bits per heavy atom. The largest absolute Gasteiger partial charge is 0.481 e. The minimum absolute atomic E-state index is 0.0143. The van der Waals surface area contributed by atoms with Crippen molar-refractivity contribution in [1.29, 1.82) is 0 Å². The van der Waals surface area contributed by atoms with E-state index in [-0.39, 0.29) is 22.2 Å². The Bertz CT molecular complexity index is 1240. The van der Waals surface area contributed by atoms with Crippen LogP contribution in [0.3, 0.4) is 0 Å². The van der Waals surface area contributed by atoms with Gasteiger partial charge in [-0.25, -0.2) is 9.59 Å². The maximum atomic E-state index is 12.6. The van der Waals surface area contributed by atoms with Crippen LogP contribution in [0.4, 0.5) is 4.79 Å². The first-order valence-corrected chi connectivity index (χ1v) is 12.6. The molecule has 0 aliphatic heterocycles. The Kier molecular flexibility index (Phi) is 12.4. The molecule has 214 valence electrons. The van der Waals surface area contributed by atoms with E-state index in [0.29, 0.717) is 0 Å². The topological polar surface area (TPSA) is 177 Å². The first-order valence-electron chi connectivity index (χ1n) is 11.8. The maximum absolute atomic E-state index is 12.6. The summed E-state index contributed by atoms with van der Waals surface area (Å²) in [6.45, 7) is 1.75. The van der Waals surface area contributed by atoms with Crippen molar-refractivity contribution in [2.24, 2.45) is 0 Å². The molecule has 2 rings (SSSR count). The highest BCUT2D eigenvalue weighted by Crippen LogP contribution is 2.25. The number of alkyl carbamates (subject to hydrolysis) is 1. The monoisotopic (exact) mass is 595 g/mol. The molecule has 0 aromatic heterocycles. The summed E-state index contributed by atoms with van der Waals surface area (Å²) >= 11 is 11.9. The molecule has 0 bridgehead atoms. The third kappa shape index (κ3) is 10.2. The van der Waals surface area contributed by atoms with Crippen LogP contribution in [0, 0.1) is 0 Å². The lowest BCUT2D eigenvalue weighted by molar-refractivity contribution is -0.141. The van der Waals surface area contributed by atoms with Gasteiger partial charge in [-0.3, -0.25) is 19.2 Å². The third-order valence-electron chi connectivity index (χ3n) is 5.29. The van der Waals surface area contributed by atoms with Crippen molar-refractivity contribution in [2.75, 3.05) is 6.61 Å². The molecule has 3 amide bonds. The zero-order valence-corrected chi connectivity index (χ0v) is 23.0. The van der Waals surface area contributed by atoms with Crippen LogP contribution in [-0.2, 0) is 35.3 Å². The van der Waals surface area contributed by atoms with E-state index in [2.05, 4.69) is 16.0 Å². The molecular weight excluding hydrogens is 569 g/mol. The fourth-order valence-electron chi connectivity index (χ4n) is 3.13. The zero-order valence-electron chi connectivity index (χ0n) is 21.4. The quantitative estimate of drug-likeness (QED) is 0.253. The van der Waals surface area contributed by atoms with Crippen molar-refractivity contribution in [3.05, 3.63) is 69.7 Å². The van der Waals surface area contributed by atoms with Crippen LogP contribution in [0.25, 0.3) is 0 Å². The number of Topliss-reactive ketones (excluding diaryl/α,β-unsaturated/α-hetero) is 1. The molecular formula is C26H27Cl2N3O9. The van der Waals surface area contributed by atoms with Gasteiger partial charge in [-0.2, -0.15) is 0 Å². The number of esters is 1. The average molecular weight is 596 g/mol. The molecule has 0 unspecified atom stereocenters. The minimum Gasteiger partial charge on any atom is -0.481 e. The Balaban J connectivity index is 1.89. The van der Waals surface area contributed by atoms with Crippen LogP contribution in [0.1, 0.15) is 36.2 Å². The van der Waals surface area contributed by atoms with Gasteiger partial charge in [0, 0.05) is 0 Å². The van der Waals surface area contributed by atoms with E-state index in [0.717, 1.165) is 5.56 Å². The van der Waals surface area contributed by atoms with Crippen molar-refractivity contribution in [3.8, 4) is 0 Å². The Labute approximate surface area is 239 Å². The number of hydrogen-bond acceptors (Lipinski definition) is 8. The van der Waals surface area contributed by atoms with E-state index in [1.807, 2.05) is 0 Å². The molecule has 2 aromatic rings. The number of halogens is 2. The van der Waals surface area contributed by atoms with E-state index in [1.165, 1.54) is 32.0 Å². The van der Waals surface area contributed by atoms with Gasteiger partial charge in [0.1, 0.15) is 24.7 Å². The molecule has 0 fully saturated rings. The lowest BCUT2D eigenvalue weighted by atomic mass is 10.1. The van der Waals surface area contributed by atoms with E-state index < -0.39 is 66.8 Å².